The van der Waals surface area contributed by atoms with Crippen LogP contribution in [0.3, 0.4) is 0 Å². The molecule has 0 saturated carbocycles. The van der Waals surface area contributed by atoms with E-state index < -0.39 is 5.76 Å². The lowest BCUT2D eigenvalue weighted by molar-refractivity contribution is -0.121. The molecule has 2 aromatic heterocycles. The van der Waals surface area contributed by atoms with E-state index in [1.54, 1.807) is 36.4 Å². The number of benzene rings is 2. The van der Waals surface area contributed by atoms with Crippen molar-refractivity contribution >= 4 is 28.3 Å². The number of oxazole rings is 1. The van der Waals surface area contributed by atoms with Crippen LogP contribution in [-0.2, 0) is 17.8 Å². The molecule has 0 unspecified atom stereocenters. The van der Waals surface area contributed by atoms with Crippen LogP contribution >= 0.6 is 11.3 Å². The molecule has 2 aromatic carbocycles. The minimum Gasteiger partial charge on any atom is -0.408 e. The SMILES string of the molecule is O=C(Cn1c(=O)oc2ccccc21)NCCc1csc(-c2ccc(F)cc2)n1. The molecule has 0 atom stereocenters. The third kappa shape index (κ3) is 3.86. The van der Waals surface area contributed by atoms with Crippen molar-refractivity contribution in [3.05, 3.63) is 76.0 Å². The van der Waals surface area contributed by atoms with Gasteiger partial charge in [-0.3, -0.25) is 9.36 Å². The molecule has 8 heteroatoms. The van der Waals surface area contributed by atoms with Gasteiger partial charge in [-0.25, -0.2) is 14.2 Å². The molecule has 6 nitrogen and oxygen atoms in total. The molecule has 1 N–H and O–H groups in total. The molecule has 28 heavy (non-hydrogen) atoms. The lowest BCUT2D eigenvalue weighted by Gasteiger charge is -2.04. The monoisotopic (exact) mass is 397 g/mol. The Morgan fingerprint density at radius 1 is 1.18 bits per heavy atom. The van der Waals surface area contributed by atoms with E-state index in [0.29, 0.717) is 24.1 Å². The molecule has 0 aliphatic carbocycles. The van der Waals surface area contributed by atoms with E-state index >= 15 is 0 Å². The van der Waals surface area contributed by atoms with Crippen molar-refractivity contribution in [2.45, 2.75) is 13.0 Å². The van der Waals surface area contributed by atoms with E-state index in [1.807, 2.05) is 5.38 Å². The van der Waals surface area contributed by atoms with Gasteiger partial charge in [-0.1, -0.05) is 12.1 Å². The van der Waals surface area contributed by atoms with E-state index in [4.69, 9.17) is 4.42 Å². The van der Waals surface area contributed by atoms with Crippen molar-refractivity contribution in [2.24, 2.45) is 0 Å². The van der Waals surface area contributed by atoms with E-state index in [0.717, 1.165) is 16.3 Å². The number of carbonyl (C=O) groups is 1. The number of aromatic nitrogens is 2. The number of amides is 1. The van der Waals surface area contributed by atoms with Gasteiger partial charge < -0.3 is 9.73 Å². The average molecular weight is 397 g/mol. The molecule has 0 fully saturated rings. The Morgan fingerprint density at radius 2 is 1.96 bits per heavy atom. The summed E-state index contributed by atoms with van der Waals surface area (Å²) < 4.78 is 19.4. The molecule has 0 radical (unpaired) electrons. The van der Waals surface area contributed by atoms with Crippen LogP contribution in [0.2, 0.25) is 0 Å². The number of para-hydroxylation sites is 2. The van der Waals surface area contributed by atoms with Crippen LogP contribution in [0.4, 0.5) is 4.39 Å². The number of hydrogen-bond donors (Lipinski definition) is 1. The Labute approximate surface area is 163 Å². The number of nitrogens with one attached hydrogen (secondary N) is 1. The summed E-state index contributed by atoms with van der Waals surface area (Å²) in [6.45, 7) is 0.295. The van der Waals surface area contributed by atoms with Gasteiger partial charge in [0.2, 0.25) is 5.91 Å². The minimum absolute atomic E-state index is 0.103. The molecule has 0 aliphatic heterocycles. The van der Waals surface area contributed by atoms with E-state index in [9.17, 15) is 14.0 Å². The number of halogens is 1. The zero-order chi connectivity index (χ0) is 19.5. The van der Waals surface area contributed by atoms with Crippen LogP contribution in [0, 0.1) is 5.82 Å². The smallest absolute Gasteiger partial charge is 0.408 e. The van der Waals surface area contributed by atoms with E-state index in [-0.39, 0.29) is 18.3 Å². The Hall–Kier alpha value is -3.26. The summed E-state index contributed by atoms with van der Waals surface area (Å²) in [6.07, 6.45) is 0.560. The molecule has 0 aliphatic rings. The fourth-order valence-electron chi connectivity index (χ4n) is 2.84. The largest absolute Gasteiger partial charge is 0.420 e. The summed E-state index contributed by atoms with van der Waals surface area (Å²) in [5.41, 5.74) is 2.74. The van der Waals surface area contributed by atoms with Gasteiger partial charge in [0.15, 0.2) is 5.58 Å². The zero-order valence-corrected chi connectivity index (χ0v) is 15.5. The second kappa shape index (κ2) is 7.77. The topological polar surface area (TPSA) is 77.1 Å². The molecule has 0 bridgehead atoms. The van der Waals surface area contributed by atoms with Gasteiger partial charge in [-0.05, 0) is 36.4 Å². The Balaban J connectivity index is 1.34. The highest BCUT2D eigenvalue weighted by Crippen LogP contribution is 2.23. The van der Waals surface area contributed by atoms with Gasteiger partial charge >= 0.3 is 5.76 Å². The second-order valence-corrected chi connectivity index (χ2v) is 7.03. The van der Waals surface area contributed by atoms with Crippen molar-refractivity contribution in [2.75, 3.05) is 6.54 Å². The molecule has 0 spiro atoms. The number of hydrogen-bond acceptors (Lipinski definition) is 5. The van der Waals surface area contributed by atoms with Crippen molar-refractivity contribution < 1.29 is 13.6 Å². The summed E-state index contributed by atoms with van der Waals surface area (Å²) >= 11 is 1.47. The fraction of sp³-hybridized carbons (Fsp3) is 0.150. The van der Waals surface area contributed by atoms with E-state index in [1.165, 1.54) is 28.0 Å². The number of rotatable bonds is 6. The molecular formula is C20H16FN3O3S. The fourth-order valence-corrected chi connectivity index (χ4v) is 3.70. The second-order valence-electron chi connectivity index (χ2n) is 6.17. The first-order valence-corrected chi connectivity index (χ1v) is 9.53. The van der Waals surface area contributed by atoms with Crippen LogP contribution in [-0.4, -0.2) is 22.0 Å². The molecule has 4 rings (SSSR count). The van der Waals surface area contributed by atoms with Gasteiger partial charge in [0, 0.05) is 23.9 Å². The maximum atomic E-state index is 13.0. The zero-order valence-electron chi connectivity index (χ0n) is 14.7. The lowest BCUT2D eigenvalue weighted by Crippen LogP contribution is -2.32. The highest BCUT2D eigenvalue weighted by Gasteiger charge is 2.12. The van der Waals surface area contributed by atoms with Crippen molar-refractivity contribution in [3.63, 3.8) is 0 Å². The molecule has 1 amide bonds. The van der Waals surface area contributed by atoms with Gasteiger partial charge in [-0.2, -0.15) is 0 Å². The van der Waals surface area contributed by atoms with Crippen LogP contribution in [0.5, 0.6) is 0 Å². The number of fused-ring (bicyclic) bond motifs is 1. The number of carbonyl (C=O) groups excluding carboxylic acids is 1. The summed E-state index contributed by atoms with van der Waals surface area (Å²) in [4.78, 5) is 28.6. The first-order chi connectivity index (χ1) is 13.6. The maximum absolute atomic E-state index is 13.0. The van der Waals surface area contributed by atoms with Crippen molar-refractivity contribution in [1.29, 1.82) is 0 Å². The minimum atomic E-state index is -0.556. The first kappa shape index (κ1) is 18.1. The Kier molecular flexibility index (Phi) is 5.03. The Bertz CT molecular complexity index is 1180. The first-order valence-electron chi connectivity index (χ1n) is 8.65. The molecule has 4 aromatic rings. The predicted molar refractivity (Wildman–Crippen MR) is 105 cm³/mol. The average Bonchev–Trinajstić information content (AvgIpc) is 3.27. The van der Waals surface area contributed by atoms with Crippen LogP contribution in [0.15, 0.2) is 63.1 Å². The van der Waals surface area contributed by atoms with Gasteiger partial charge in [0.05, 0.1) is 11.2 Å². The molecule has 142 valence electrons. The van der Waals surface area contributed by atoms with E-state index in [2.05, 4.69) is 10.3 Å². The third-order valence-corrected chi connectivity index (χ3v) is 5.16. The standard InChI is InChI=1S/C20H16FN3O3S/c21-14-7-5-13(6-8-14)19-23-15(12-28-19)9-10-22-18(25)11-24-16-3-1-2-4-17(16)27-20(24)26/h1-8,12H,9-11H2,(H,22,25). The number of nitrogens with zero attached hydrogens (tertiary/aromatic N) is 2. The lowest BCUT2D eigenvalue weighted by atomic mass is 10.2. The highest BCUT2D eigenvalue weighted by atomic mass is 32.1. The van der Waals surface area contributed by atoms with Crippen molar-refractivity contribution in [3.8, 4) is 10.6 Å². The van der Waals surface area contributed by atoms with Crippen LogP contribution in [0.1, 0.15) is 5.69 Å². The summed E-state index contributed by atoms with van der Waals surface area (Å²) in [5.74, 6) is -1.12. The third-order valence-electron chi connectivity index (χ3n) is 4.22. The van der Waals surface area contributed by atoms with Gasteiger partial charge in [0.25, 0.3) is 0 Å². The quantitative estimate of drug-likeness (QED) is 0.542. The molecule has 2 heterocycles. The van der Waals surface area contributed by atoms with Crippen molar-refractivity contribution in [1.82, 2.24) is 14.9 Å². The molecule has 0 saturated heterocycles. The Morgan fingerprint density at radius 3 is 2.79 bits per heavy atom. The number of thiazole rings is 1. The summed E-state index contributed by atoms with van der Waals surface area (Å²) in [6, 6.07) is 13.2. The highest BCUT2D eigenvalue weighted by molar-refractivity contribution is 7.13. The van der Waals surface area contributed by atoms with Crippen LogP contribution in [0.25, 0.3) is 21.7 Å². The van der Waals surface area contributed by atoms with Gasteiger partial charge in [-0.15, -0.1) is 11.3 Å². The summed E-state index contributed by atoms with van der Waals surface area (Å²) in [7, 11) is 0. The summed E-state index contributed by atoms with van der Waals surface area (Å²) in [5, 5.41) is 5.51. The predicted octanol–water partition coefficient (Wildman–Crippen LogP) is 3.22. The molecular weight excluding hydrogens is 381 g/mol. The normalized spacial score (nSPS) is 11.0. The van der Waals surface area contributed by atoms with Crippen LogP contribution < -0.4 is 11.1 Å². The van der Waals surface area contributed by atoms with Gasteiger partial charge in [0.1, 0.15) is 17.4 Å². The maximum Gasteiger partial charge on any atom is 0.420 e.